The van der Waals surface area contributed by atoms with Crippen molar-refractivity contribution in [2.45, 2.75) is 25.9 Å². The van der Waals surface area contributed by atoms with Crippen LogP contribution in [-0.4, -0.2) is 23.5 Å². The van der Waals surface area contributed by atoms with E-state index >= 15 is 0 Å². The Hall–Kier alpha value is -0.978. The third-order valence-electron chi connectivity index (χ3n) is 3.46. The maximum absolute atomic E-state index is 4.81. The van der Waals surface area contributed by atoms with E-state index in [9.17, 15) is 0 Å². The molecule has 0 aromatic heterocycles. The Bertz CT molecular complexity index is 612. The van der Waals surface area contributed by atoms with Gasteiger partial charge in [-0.15, -0.1) is 0 Å². The molecule has 0 saturated heterocycles. The predicted molar refractivity (Wildman–Crippen MR) is 96.6 cm³/mol. The Morgan fingerprint density at radius 2 is 0.957 bits per heavy atom. The Labute approximate surface area is 153 Å². The van der Waals surface area contributed by atoms with E-state index in [-0.39, 0.29) is 15.9 Å². The summed E-state index contributed by atoms with van der Waals surface area (Å²) in [6.07, 6.45) is 0. The van der Waals surface area contributed by atoms with E-state index in [0.29, 0.717) is 12.1 Å². The summed E-state index contributed by atoms with van der Waals surface area (Å²) in [5.41, 5.74) is 5.05. The second-order valence-corrected chi connectivity index (χ2v) is 7.52. The van der Waals surface area contributed by atoms with Gasteiger partial charge in [0, 0.05) is 0 Å². The summed E-state index contributed by atoms with van der Waals surface area (Å²) < 4.78 is 0. The van der Waals surface area contributed by atoms with Gasteiger partial charge in [0.1, 0.15) is 0 Å². The molecule has 2 unspecified atom stereocenters. The van der Waals surface area contributed by atoms with Gasteiger partial charge in [-0.1, -0.05) is 60.7 Å². The fourth-order valence-corrected chi connectivity index (χ4v) is 2.19. The molecule has 5 heteroatoms. The molecule has 4 rings (SSSR count). The van der Waals surface area contributed by atoms with Crippen LogP contribution in [0.5, 0.6) is 0 Å². The number of hydrogen-bond donors (Lipinski definition) is 0. The van der Waals surface area contributed by atoms with Crippen molar-refractivity contribution in [3.8, 4) is 0 Å². The molecule has 2 aliphatic rings. The molecule has 0 spiro atoms. The molecule has 2 atom stereocenters. The first-order valence-electron chi connectivity index (χ1n) is 7.26. The topological polar surface area (TPSA) is 24.7 Å². The molecule has 23 heavy (non-hydrogen) atoms. The second-order valence-electron chi connectivity index (χ2n) is 5.16. The molecule has 0 radical (unpaired) electrons. The molecule has 124 valence electrons. The average molecular weight is 440 g/mol. The molecule has 0 bridgehead atoms. The van der Waals surface area contributed by atoms with Crippen molar-refractivity contribution in [2.75, 3.05) is 0 Å². The fourth-order valence-electron chi connectivity index (χ4n) is 2.19. The van der Waals surface area contributed by atoms with Crippen LogP contribution in [0.15, 0.2) is 70.6 Å². The van der Waals surface area contributed by atoms with Gasteiger partial charge in [-0.05, 0) is 25.0 Å². The number of nitrogens with zero attached hydrogens (tertiary/aromatic N) is 2. The summed E-state index contributed by atoms with van der Waals surface area (Å²) in [6.45, 7) is 4.23. The minimum atomic E-state index is -0.106. The van der Waals surface area contributed by atoms with Crippen LogP contribution in [-0.2, 0) is 15.9 Å². The summed E-state index contributed by atoms with van der Waals surface area (Å²) in [5.74, 6) is 0. The Morgan fingerprint density at radius 3 is 1.17 bits per heavy atom. The van der Waals surface area contributed by atoms with Crippen LogP contribution in [0, 0.1) is 0 Å². The zero-order chi connectivity index (χ0) is 16.7. The molecule has 0 saturated carbocycles. The monoisotopic (exact) mass is 438 g/mol. The maximum atomic E-state index is 4.81. The normalized spacial score (nSPS) is 20.2. The van der Waals surface area contributed by atoms with Crippen molar-refractivity contribution in [2.24, 2.45) is 9.98 Å². The second kappa shape index (κ2) is 9.35. The van der Waals surface area contributed by atoms with Crippen molar-refractivity contribution in [1.82, 2.24) is 0 Å². The number of hydrogen-bond acceptors (Lipinski definition) is 2. The molecule has 2 aliphatic heterocycles. The molecule has 2 aromatic rings. The van der Waals surface area contributed by atoms with Gasteiger partial charge in [-0.25, -0.2) is 0 Å². The SMILES string of the molecule is CC1N=C1c1ccccc1.CC1N=C1c1ccccc1.[Cl][Pd][Cl]. The van der Waals surface area contributed by atoms with E-state index in [1.807, 2.05) is 36.4 Å². The quantitative estimate of drug-likeness (QED) is 0.580. The van der Waals surface area contributed by atoms with Crippen molar-refractivity contribution in [3.63, 3.8) is 0 Å². The molecule has 2 heterocycles. The minimum absolute atomic E-state index is 0.106. The Balaban J connectivity index is 0.000000143. The van der Waals surface area contributed by atoms with Gasteiger partial charge in [-0.2, -0.15) is 0 Å². The van der Waals surface area contributed by atoms with Crippen molar-refractivity contribution in [3.05, 3.63) is 71.8 Å². The third-order valence-corrected chi connectivity index (χ3v) is 3.46. The van der Waals surface area contributed by atoms with Crippen molar-refractivity contribution < 1.29 is 15.9 Å². The van der Waals surface area contributed by atoms with E-state index in [0.717, 1.165) is 0 Å². The molecule has 2 aromatic carbocycles. The molecule has 0 amide bonds. The van der Waals surface area contributed by atoms with E-state index in [2.05, 4.69) is 48.1 Å². The molecule has 0 fully saturated rings. The molecule has 0 aliphatic carbocycles. The molecular weight excluding hydrogens is 422 g/mol. The van der Waals surface area contributed by atoms with Gasteiger partial charge < -0.3 is 0 Å². The summed E-state index contributed by atoms with van der Waals surface area (Å²) in [6, 6.07) is 21.6. The van der Waals surface area contributed by atoms with E-state index in [4.69, 9.17) is 19.1 Å². The Morgan fingerprint density at radius 1 is 0.696 bits per heavy atom. The van der Waals surface area contributed by atoms with Crippen LogP contribution in [0.25, 0.3) is 0 Å². The number of rotatable bonds is 2. The molecule has 2 nitrogen and oxygen atoms in total. The zero-order valence-electron chi connectivity index (χ0n) is 12.9. The van der Waals surface area contributed by atoms with Crippen molar-refractivity contribution >= 4 is 30.5 Å². The Kier molecular flexibility index (Phi) is 7.46. The van der Waals surface area contributed by atoms with Gasteiger partial charge in [0.05, 0.1) is 23.5 Å². The van der Waals surface area contributed by atoms with Gasteiger partial charge in [0.2, 0.25) is 0 Å². The van der Waals surface area contributed by atoms with Crippen LogP contribution in [0.1, 0.15) is 25.0 Å². The van der Waals surface area contributed by atoms with Gasteiger partial charge >= 0.3 is 35.0 Å². The van der Waals surface area contributed by atoms with Crippen LogP contribution >= 0.6 is 19.1 Å². The fraction of sp³-hybridized carbons (Fsp3) is 0.222. The summed E-state index contributed by atoms with van der Waals surface area (Å²) in [7, 11) is 9.63. The van der Waals surface area contributed by atoms with Crippen LogP contribution in [0.4, 0.5) is 0 Å². The van der Waals surface area contributed by atoms with Crippen molar-refractivity contribution in [1.29, 1.82) is 0 Å². The molecule has 0 N–H and O–H groups in total. The zero-order valence-corrected chi connectivity index (χ0v) is 16.0. The standard InChI is InChI=1S/2C9H9N.2ClH.Pd/c2*1-7-9(10-7)8-5-3-2-4-6-8;;;/h2*2-7H,1H3;2*1H;/q;;;;+2/p-2. The number of halogens is 2. The van der Waals surface area contributed by atoms with Crippen LogP contribution in [0.2, 0.25) is 0 Å². The molecular formula is C18H18Cl2N2Pd. The number of aliphatic imine (C=N–C) groups is 2. The third kappa shape index (κ3) is 6.20. The predicted octanol–water partition coefficient (Wildman–Crippen LogP) is 5.13. The summed E-state index contributed by atoms with van der Waals surface area (Å²) >= 11 is -0.106. The van der Waals surface area contributed by atoms with Gasteiger partial charge in [0.15, 0.2) is 0 Å². The average Bonchev–Trinajstić information content (AvgIpc) is 3.49. The van der Waals surface area contributed by atoms with E-state index in [1.165, 1.54) is 22.6 Å². The van der Waals surface area contributed by atoms with Gasteiger partial charge in [-0.3, -0.25) is 9.98 Å². The number of benzene rings is 2. The van der Waals surface area contributed by atoms with Gasteiger partial charge in [0.25, 0.3) is 0 Å². The summed E-state index contributed by atoms with van der Waals surface area (Å²) in [5, 5.41) is 0. The first-order valence-corrected chi connectivity index (χ1v) is 11.3. The van der Waals surface area contributed by atoms with E-state index < -0.39 is 0 Å². The van der Waals surface area contributed by atoms with E-state index in [1.54, 1.807) is 0 Å². The summed E-state index contributed by atoms with van der Waals surface area (Å²) in [4.78, 5) is 8.48. The van der Waals surface area contributed by atoms with Crippen LogP contribution < -0.4 is 0 Å². The first-order chi connectivity index (χ1) is 11.2. The first kappa shape index (κ1) is 18.4. The van der Waals surface area contributed by atoms with Crippen LogP contribution in [0.3, 0.4) is 0 Å².